The molecule has 2 aromatic heterocycles. The van der Waals surface area contributed by atoms with Gasteiger partial charge in [0.05, 0.1) is 0 Å². The molecule has 0 saturated carbocycles. The Bertz CT molecular complexity index is 739. The van der Waals surface area contributed by atoms with E-state index in [1.165, 1.54) is 4.40 Å². The first kappa shape index (κ1) is 14.2. The van der Waals surface area contributed by atoms with Gasteiger partial charge in [-0.2, -0.15) is 0 Å². The van der Waals surface area contributed by atoms with Gasteiger partial charge in [0.2, 0.25) is 5.91 Å². The van der Waals surface area contributed by atoms with E-state index in [9.17, 15) is 13.2 Å². The third kappa shape index (κ3) is 2.71. The van der Waals surface area contributed by atoms with Crippen molar-refractivity contribution in [3.05, 3.63) is 24.4 Å². The Balaban J connectivity index is 2.42. The van der Waals surface area contributed by atoms with Gasteiger partial charge >= 0.3 is 0 Å². The number of rotatable bonds is 6. The van der Waals surface area contributed by atoms with Gasteiger partial charge in [0.25, 0.3) is 10.0 Å². The number of hydrogen-bond acceptors (Lipinski definition) is 6. The zero-order valence-electron chi connectivity index (χ0n) is 10.4. The van der Waals surface area contributed by atoms with Crippen LogP contribution in [0.15, 0.2) is 29.4 Å². The maximum atomic E-state index is 12.2. The number of fused-ring (bicyclic) bond motifs is 1. The van der Waals surface area contributed by atoms with Gasteiger partial charge in [-0.05, 0) is 12.1 Å². The monoisotopic (exact) mass is 298 g/mol. The van der Waals surface area contributed by atoms with E-state index < -0.39 is 15.9 Å². The van der Waals surface area contributed by atoms with Gasteiger partial charge in [-0.1, -0.05) is 6.07 Å². The molecule has 2 aromatic rings. The average Bonchev–Trinajstić information content (AvgIpc) is 2.77. The van der Waals surface area contributed by atoms with Gasteiger partial charge in [0.1, 0.15) is 5.65 Å². The van der Waals surface area contributed by atoms with Gasteiger partial charge in [0, 0.05) is 19.2 Å². The molecule has 0 atom stereocenters. The largest absolute Gasteiger partial charge is 0.370 e. The van der Waals surface area contributed by atoms with Crippen LogP contribution in [-0.2, 0) is 14.8 Å². The van der Waals surface area contributed by atoms with Crippen LogP contribution in [0.4, 0.5) is 5.82 Å². The molecule has 2 heterocycles. The highest BCUT2D eigenvalue weighted by molar-refractivity contribution is 7.89. The number of nitrogens with one attached hydrogen (secondary N) is 2. The molecular weight excluding hydrogens is 284 g/mol. The normalized spacial score (nSPS) is 11.7. The summed E-state index contributed by atoms with van der Waals surface area (Å²) in [6.45, 7) is -0.0955. The second-order valence-corrected chi connectivity index (χ2v) is 5.64. The molecule has 0 unspecified atom stereocenters. The van der Waals surface area contributed by atoms with Crippen molar-refractivity contribution in [2.45, 2.75) is 11.4 Å². The fourth-order valence-corrected chi connectivity index (χ4v) is 2.98. The van der Waals surface area contributed by atoms with Crippen LogP contribution in [0.3, 0.4) is 0 Å². The lowest BCUT2D eigenvalue weighted by Gasteiger charge is -2.07. The number of nitrogen functional groups attached to an aromatic ring is 1. The number of anilines is 1. The first-order valence-electron chi connectivity index (χ1n) is 5.67. The second-order valence-electron chi connectivity index (χ2n) is 3.95. The number of imidazole rings is 1. The number of amides is 1. The predicted molar refractivity (Wildman–Crippen MR) is 72.0 cm³/mol. The molecule has 0 aliphatic heterocycles. The number of nitrogens with zero attached hydrogens (tertiary/aromatic N) is 2. The Hall–Kier alpha value is -2.17. The molecule has 0 aromatic carbocycles. The van der Waals surface area contributed by atoms with Gasteiger partial charge < -0.3 is 11.2 Å². The SMILES string of the molecule is NNc1nc2ccccn2c1S(=O)(=O)NCCC(N)=O. The molecule has 0 radical (unpaired) electrons. The number of primary amides is 1. The zero-order valence-corrected chi connectivity index (χ0v) is 11.2. The van der Waals surface area contributed by atoms with Crippen molar-refractivity contribution in [1.29, 1.82) is 0 Å². The van der Waals surface area contributed by atoms with Crippen LogP contribution in [0.25, 0.3) is 5.65 Å². The summed E-state index contributed by atoms with van der Waals surface area (Å²) >= 11 is 0. The summed E-state index contributed by atoms with van der Waals surface area (Å²) in [4.78, 5) is 14.7. The van der Waals surface area contributed by atoms with Crippen LogP contribution < -0.4 is 21.7 Å². The number of carbonyl (C=O) groups is 1. The maximum Gasteiger partial charge on any atom is 0.260 e. The van der Waals surface area contributed by atoms with Gasteiger partial charge in [-0.15, -0.1) is 0 Å². The third-order valence-electron chi connectivity index (χ3n) is 2.54. The molecule has 6 N–H and O–H groups in total. The Kier molecular flexibility index (Phi) is 3.88. The Morgan fingerprint density at radius 3 is 2.80 bits per heavy atom. The van der Waals surface area contributed by atoms with Crippen molar-refractivity contribution < 1.29 is 13.2 Å². The summed E-state index contributed by atoms with van der Waals surface area (Å²) in [5.41, 5.74) is 7.64. The minimum atomic E-state index is -3.88. The van der Waals surface area contributed by atoms with E-state index >= 15 is 0 Å². The average molecular weight is 298 g/mol. The summed E-state index contributed by atoms with van der Waals surface area (Å²) in [5.74, 6) is 4.72. The number of nitrogens with two attached hydrogens (primary N) is 2. The van der Waals surface area contributed by atoms with E-state index in [-0.39, 0.29) is 23.8 Å². The summed E-state index contributed by atoms with van der Waals surface area (Å²) in [6, 6.07) is 5.03. The summed E-state index contributed by atoms with van der Waals surface area (Å²) in [6.07, 6.45) is 1.45. The molecule has 20 heavy (non-hydrogen) atoms. The number of aromatic nitrogens is 2. The van der Waals surface area contributed by atoms with Crippen LogP contribution in [0.1, 0.15) is 6.42 Å². The summed E-state index contributed by atoms with van der Waals surface area (Å²) < 4.78 is 28.1. The molecule has 0 fully saturated rings. The van der Waals surface area contributed by atoms with E-state index in [0.29, 0.717) is 5.65 Å². The van der Waals surface area contributed by atoms with Crippen LogP contribution in [0, 0.1) is 0 Å². The fraction of sp³-hybridized carbons (Fsp3) is 0.200. The molecule has 10 heteroatoms. The molecule has 108 valence electrons. The van der Waals surface area contributed by atoms with Crippen molar-refractivity contribution in [2.24, 2.45) is 11.6 Å². The predicted octanol–water partition coefficient (Wildman–Crippen LogP) is -1.23. The molecule has 9 nitrogen and oxygen atoms in total. The molecule has 0 saturated heterocycles. The van der Waals surface area contributed by atoms with Gasteiger partial charge in [-0.3, -0.25) is 9.20 Å². The Morgan fingerprint density at radius 1 is 1.40 bits per heavy atom. The highest BCUT2D eigenvalue weighted by Gasteiger charge is 2.24. The standard InChI is InChI=1S/C10H14N6O3S/c11-7(17)4-5-13-20(18,19)10-9(15-12)14-8-3-1-2-6-16(8)10/h1-3,6,13,15H,4-5,12H2,(H2,11,17). The smallest absolute Gasteiger partial charge is 0.260 e. The van der Waals surface area contributed by atoms with E-state index in [0.717, 1.165) is 0 Å². The maximum absolute atomic E-state index is 12.2. The lowest BCUT2D eigenvalue weighted by atomic mass is 10.4. The quantitative estimate of drug-likeness (QED) is 0.388. The first-order valence-corrected chi connectivity index (χ1v) is 7.15. The molecule has 2 rings (SSSR count). The van der Waals surface area contributed by atoms with Crippen molar-refractivity contribution in [1.82, 2.24) is 14.1 Å². The minimum Gasteiger partial charge on any atom is -0.370 e. The van der Waals surface area contributed by atoms with Gasteiger partial charge in [-0.25, -0.2) is 24.0 Å². The molecule has 0 aliphatic carbocycles. The topological polar surface area (TPSA) is 145 Å². The van der Waals surface area contributed by atoms with E-state index in [1.54, 1.807) is 24.4 Å². The Morgan fingerprint density at radius 2 is 2.15 bits per heavy atom. The third-order valence-corrected chi connectivity index (χ3v) is 4.02. The fourth-order valence-electron chi connectivity index (χ4n) is 1.70. The van der Waals surface area contributed by atoms with Crippen molar-refractivity contribution in [3.8, 4) is 0 Å². The van der Waals surface area contributed by atoms with Crippen LogP contribution in [0.5, 0.6) is 0 Å². The van der Waals surface area contributed by atoms with Crippen LogP contribution in [-0.4, -0.2) is 30.3 Å². The number of hydrazine groups is 1. The number of pyridine rings is 1. The summed E-state index contributed by atoms with van der Waals surface area (Å²) in [5, 5.41) is -0.125. The highest BCUT2D eigenvalue weighted by atomic mass is 32.2. The lowest BCUT2D eigenvalue weighted by Crippen LogP contribution is -2.29. The Labute approximate surface area is 115 Å². The number of sulfonamides is 1. The molecule has 0 spiro atoms. The van der Waals surface area contributed by atoms with Crippen molar-refractivity contribution >= 4 is 27.4 Å². The summed E-state index contributed by atoms with van der Waals surface area (Å²) in [7, 11) is -3.88. The van der Waals surface area contributed by atoms with E-state index in [4.69, 9.17) is 11.6 Å². The second kappa shape index (κ2) is 5.45. The zero-order chi connectivity index (χ0) is 14.8. The lowest BCUT2D eigenvalue weighted by molar-refractivity contribution is -0.117. The van der Waals surface area contributed by atoms with E-state index in [1.807, 2.05) is 0 Å². The van der Waals surface area contributed by atoms with Crippen molar-refractivity contribution in [3.63, 3.8) is 0 Å². The van der Waals surface area contributed by atoms with Gasteiger partial charge in [0.15, 0.2) is 10.8 Å². The molecule has 0 bridgehead atoms. The molecule has 1 amide bonds. The molecular formula is C10H14N6O3S. The van der Waals surface area contributed by atoms with Crippen molar-refractivity contribution in [2.75, 3.05) is 12.0 Å². The van der Waals surface area contributed by atoms with Crippen LogP contribution >= 0.6 is 0 Å². The number of hydrogen-bond donors (Lipinski definition) is 4. The molecule has 0 aliphatic rings. The minimum absolute atomic E-state index is 0.0165. The van der Waals surface area contributed by atoms with E-state index in [2.05, 4.69) is 15.1 Å². The highest BCUT2D eigenvalue weighted by Crippen LogP contribution is 2.21. The first-order chi connectivity index (χ1) is 9.45. The van der Waals surface area contributed by atoms with Crippen LogP contribution in [0.2, 0.25) is 0 Å². The number of carbonyl (C=O) groups excluding carboxylic acids is 1.